The van der Waals surface area contributed by atoms with Crippen LogP contribution in [0.2, 0.25) is 5.02 Å². The third-order valence-corrected chi connectivity index (χ3v) is 4.21. The van der Waals surface area contributed by atoms with Gasteiger partial charge in [0.2, 0.25) is 10.0 Å². The predicted molar refractivity (Wildman–Crippen MR) is 74.1 cm³/mol. The van der Waals surface area contributed by atoms with Gasteiger partial charge in [0, 0.05) is 18.9 Å². The van der Waals surface area contributed by atoms with E-state index in [9.17, 15) is 8.42 Å². The first-order valence-corrected chi connectivity index (χ1v) is 7.29. The number of sulfonamides is 1. The Labute approximate surface area is 116 Å². The molecular weight excluding hydrogens is 286 g/mol. The highest BCUT2D eigenvalue weighted by Gasteiger charge is 2.14. The largest absolute Gasteiger partial charge is 0.397 e. The van der Waals surface area contributed by atoms with Gasteiger partial charge in [-0.1, -0.05) is 17.7 Å². The SMILES string of the molecule is Nc1cc(S(=O)(=O)NCc2cccnc2)ccc1Cl. The molecule has 0 amide bonds. The molecule has 0 aliphatic carbocycles. The predicted octanol–water partition coefficient (Wildman–Crippen LogP) is 1.80. The maximum absolute atomic E-state index is 12.0. The van der Waals surface area contributed by atoms with Gasteiger partial charge in [-0.15, -0.1) is 0 Å². The van der Waals surface area contributed by atoms with Crippen LogP contribution in [-0.4, -0.2) is 13.4 Å². The van der Waals surface area contributed by atoms with Gasteiger partial charge in [-0.25, -0.2) is 13.1 Å². The maximum Gasteiger partial charge on any atom is 0.240 e. The molecule has 19 heavy (non-hydrogen) atoms. The van der Waals surface area contributed by atoms with Crippen molar-refractivity contribution < 1.29 is 8.42 Å². The summed E-state index contributed by atoms with van der Waals surface area (Å²) < 4.78 is 26.5. The third-order valence-electron chi connectivity index (χ3n) is 2.47. The minimum Gasteiger partial charge on any atom is -0.397 e. The monoisotopic (exact) mass is 297 g/mol. The average Bonchev–Trinajstić information content (AvgIpc) is 2.41. The molecule has 7 heteroatoms. The minimum absolute atomic E-state index is 0.0818. The number of benzene rings is 1. The lowest BCUT2D eigenvalue weighted by atomic mass is 10.3. The number of anilines is 1. The lowest BCUT2D eigenvalue weighted by Gasteiger charge is -2.08. The molecule has 100 valence electrons. The summed E-state index contributed by atoms with van der Waals surface area (Å²) in [4.78, 5) is 3.99. The summed E-state index contributed by atoms with van der Waals surface area (Å²) >= 11 is 5.76. The Hall–Kier alpha value is -1.63. The Bertz CT molecular complexity index is 675. The molecule has 0 spiro atoms. The summed E-state index contributed by atoms with van der Waals surface area (Å²) in [5, 5.41) is 0.325. The highest BCUT2D eigenvalue weighted by molar-refractivity contribution is 7.89. The second kappa shape index (κ2) is 5.56. The van der Waals surface area contributed by atoms with E-state index in [0.717, 1.165) is 5.56 Å². The number of nitrogens with zero attached hydrogens (tertiary/aromatic N) is 1. The first kappa shape index (κ1) is 13.8. The van der Waals surface area contributed by atoms with E-state index in [-0.39, 0.29) is 17.1 Å². The third kappa shape index (κ3) is 3.44. The molecule has 0 atom stereocenters. The Morgan fingerprint density at radius 2 is 2.11 bits per heavy atom. The van der Waals surface area contributed by atoms with Gasteiger partial charge in [-0.2, -0.15) is 0 Å². The van der Waals surface area contributed by atoms with E-state index in [1.54, 1.807) is 24.5 Å². The van der Waals surface area contributed by atoms with Crippen LogP contribution in [0.15, 0.2) is 47.6 Å². The van der Waals surface area contributed by atoms with Crippen molar-refractivity contribution in [3.05, 3.63) is 53.3 Å². The highest BCUT2D eigenvalue weighted by Crippen LogP contribution is 2.22. The first-order chi connectivity index (χ1) is 8.99. The van der Waals surface area contributed by atoms with E-state index in [1.165, 1.54) is 18.2 Å². The standard InChI is InChI=1S/C12H12ClN3O2S/c13-11-4-3-10(6-12(11)14)19(17,18)16-8-9-2-1-5-15-7-9/h1-7,16H,8,14H2. The topological polar surface area (TPSA) is 85.1 Å². The molecule has 0 radical (unpaired) electrons. The highest BCUT2D eigenvalue weighted by atomic mass is 35.5. The summed E-state index contributed by atoms with van der Waals surface area (Å²) in [6.45, 7) is 0.165. The molecule has 1 heterocycles. The van der Waals surface area contributed by atoms with Crippen molar-refractivity contribution in [1.29, 1.82) is 0 Å². The molecule has 0 bridgehead atoms. The number of halogens is 1. The Morgan fingerprint density at radius 1 is 1.32 bits per heavy atom. The summed E-state index contributed by atoms with van der Waals surface area (Å²) in [5.74, 6) is 0. The van der Waals surface area contributed by atoms with Crippen LogP contribution in [0.3, 0.4) is 0 Å². The second-order valence-corrected chi connectivity index (χ2v) is 6.04. The van der Waals surface area contributed by atoms with Crippen molar-refractivity contribution in [3.8, 4) is 0 Å². The Balaban J connectivity index is 2.16. The molecule has 2 rings (SSSR count). The van der Waals surface area contributed by atoms with E-state index < -0.39 is 10.0 Å². The van der Waals surface area contributed by atoms with Crippen LogP contribution in [0.25, 0.3) is 0 Å². The number of nitrogens with two attached hydrogens (primary N) is 1. The van der Waals surface area contributed by atoms with Gasteiger partial charge in [0.1, 0.15) is 0 Å². The minimum atomic E-state index is -3.61. The van der Waals surface area contributed by atoms with Gasteiger partial charge < -0.3 is 5.73 Å². The second-order valence-electron chi connectivity index (χ2n) is 3.87. The zero-order valence-electron chi connectivity index (χ0n) is 9.88. The quantitative estimate of drug-likeness (QED) is 0.843. The van der Waals surface area contributed by atoms with E-state index in [1.807, 2.05) is 0 Å². The fourth-order valence-corrected chi connectivity index (χ4v) is 2.62. The number of nitrogens with one attached hydrogen (secondary N) is 1. The molecule has 0 unspecified atom stereocenters. The van der Waals surface area contributed by atoms with Crippen molar-refractivity contribution in [1.82, 2.24) is 9.71 Å². The van der Waals surface area contributed by atoms with E-state index >= 15 is 0 Å². The summed E-state index contributed by atoms with van der Waals surface area (Å²) in [7, 11) is -3.61. The van der Waals surface area contributed by atoms with Crippen LogP contribution >= 0.6 is 11.6 Å². The zero-order chi connectivity index (χ0) is 13.9. The molecule has 2 aromatic rings. The fraction of sp³-hybridized carbons (Fsp3) is 0.0833. The van der Waals surface area contributed by atoms with Crippen LogP contribution < -0.4 is 10.5 Å². The molecule has 1 aromatic heterocycles. The normalized spacial score (nSPS) is 11.4. The van der Waals surface area contributed by atoms with Crippen molar-refractivity contribution in [2.24, 2.45) is 0 Å². The molecule has 3 N–H and O–H groups in total. The number of pyridine rings is 1. The van der Waals surface area contributed by atoms with Crippen molar-refractivity contribution in [3.63, 3.8) is 0 Å². The van der Waals surface area contributed by atoms with Gasteiger partial charge in [0.05, 0.1) is 15.6 Å². The first-order valence-electron chi connectivity index (χ1n) is 5.42. The average molecular weight is 298 g/mol. The van der Waals surface area contributed by atoms with Crippen LogP contribution in [0.4, 0.5) is 5.69 Å². The van der Waals surface area contributed by atoms with Crippen LogP contribution in [0, 0.1) is 0 Å². The van der Waals surface area contributed by atoms with Crippen LogP contribution in [0.1, 0.15) is 5.56 Å². The molecule has 5 nitrogen and oxygen atoms in total. The number of aromatic nitrogens is 1. The summed E-state index contributed by atoms with van der Waals surface area (Å²) in [5.41, 5.74) is 6.59. The van der Waals surface area contributed by atoms with Crippen molar-refractivity contribution in [2.45, 2.75) is 11.4 Å². The van der Waals surface area contributed by atoms with Gasteiger partial charge in [0.15, 0.2) is 0 Å². The van der Waals surface area contributed by atoms with E-state index in [2.05, 4.69) is 9.71 Å². The van der Waals surface area contributed by atoms with Gasteiger partial charge >= 0.3 is 0 Å². The van der Waals surface area contributed by atoms with Crippen molar-refractivity contribution >= 4 is 27.3 Å². The van der Waals surface area contributed by atoms with E-state index in [4.69, 9.17) is 17.3 Å². The van der Waals surface area contributed by atoms with Crippen molar-refractivity contribution in [2.75, 3.05) is 5.73 Å². The molecule has 0 saturated heterocycles. The van der Waals surface area contributed by atoms with Crippen LogP contribution in [0.5, 0.6) is 0 Å². The molecule has 1 aromatic carbocycles. The lowest BCUT2D eigenvalue weighted by molar-refractivity contribution is 0.581. The Kier molecular flexibility index (Phi) is 4.04. The molecule has 0 aliphatic rings. The van der Waals surface area contributed by atoms with Gasteiger partial charge in [-0.3, -0.25) is 4.98 Å². The lowest BCUT2D eigenvalue weighted by Crippen LogP contribution is -2.23. The summed E-state index contributed by atoms with van der Waals surface area (Å²) in [6, 6.07) is 7.71. The molecule has 0 aliphatic heterocycles. The zero-order valence-corrected chi connectivity index (χ0v) is 11.4. The smallest absolute Gasteiger partial charge is 0.240 e. The van der Waals surface area contributed by atoms with Gasteiger partial charge in [0.25, 0.3) is 0 Å². The fourth-order valence-electron chi connectivity index (χ4n) is 1.45. The maximum atomic E-state index is 12.0. The molecular formula is C12H12ClN3O2S. The van der Waals surface area contributed by atoms with Gasteiger partial charge in [-0.05, 0) is 29.8 Å². The van der Waals surface area contributed by atoms with Crippen LogP contribution in [-0.2, 0) is 16.6 Å². The molecule has 0 fully saturated rings. The number of rotatable bonds is 4. The number of hydrogen-bond donors (Lipinski definition) is 2. The van der Waals surface area contributed by atoms with E-state index in [0.29, 0.717) is 5.02 Å². The Morgan fingerprint density at radius 3 is 2.74 bits per heavy atom. The molecule has 0 saturated carbocycles. The number of hydrogen-bond acceptors (Lipinski definition) is 4. The number of nitrogen functional groups attached to an aromatic ring is 1. The summed E-state index contributed by atoms with van der Waals surface area (Å²) in [6.07, 6.45) is 3.22.